The Morgan fingerprint density at radius 2 is 1.20 bits per heavy atom. The molecule has 0 radical (unpaired) electrons. The van der Waals surface area contributed by atoms with Crippen LogP contribution in [0.5, 0.6) is 23.1 Å². The molecule has 1 N–H and O–H groups in total. The van der Waals surface area contributed by atoms with Gasteiger partial charge in [-0.2, -0.15) is 0 Å². The summed E-state index contributed by atoms with van der Waals surface area (Å²) >= 11 is 0. The first-order valence-corrected chi connectivity index (χ1v) is 14.4. The highest BCUT2D eigenvalue weighted by Gasteiger charge is 2.25. The Bertz CT molecular complexity index is 2020. The minimum atomic E-state index is 0.528. The van der Waals surface area contributed by atoms with Crippen LogP contribution in [-0.4, -0.2) is 9.97 Å². The van der Waals surface area contributed by atoms with Gasteiger partial charge in [-0.15, -0.1) is 0 Å². The van der Waals surface area contributed by atoms with Crippen LogP contribution in [0, 0.1) is 0 Å². The van der Waals surface area contributed by atoms with Crippen molar-refractivity contribution in [2.24, 2.45) is 0 Å². The van der Waals surface area contributed by atoms with E-state index in [4.69, 9.17) is 14.5 Å². The van der Waals surface area contributed by atoms with Crippen LogP contribution in [-0.2, 0) is 0 Å². The standard InChI is InChI=1S/C38H26N4O2/c1-2-13-34-27(8-1)17-19-29-10-7-23-40-38(29)42(34)35-14-5-9-28-18-16-26-20-21-32(25-33(26)41-37(28)35)43-30-11-6-12-31(24-30)44-36-15-3-4-22-39-36/h1-25,41H. The topological polar surface area (TPSA) is 59.5 Å². The molecule has 6 aromatic rings. The van der Waals surface area contributed by atoms with Gasteiger partial charge < -0.3 is 14.8 Å². The van der Waals surface area contributed by atoms with Gasteiger partial charge in [0.25, 0.3) is 0 Å². The lowest BCUT2D eigenvalue weighted by molar-refractivity contribution is 0.449. The number of pyridine rings is 2. The van der Waals surface area contributed by atoms with Crippen LogP contribution < -0.4 is 19.7 Å². The number of nitrogens with zero attached hydrogens (tertiary/aromatic N) is 3. The summed E-state index contributed by atoms with van der Waals surface area (Å²) in [6, 6.07) is 38.0. The zero-order valence-electron chi connectivity index (χ0n) is 23.6. The molecule has 0 aliphatic carbocycles. The first-order valence-electron chi connectivity index (χ1n) is 14.4. The molecule has 0 bridgehead atoms. The third-order valence-corrected chi connectivity index (χ3v) is 7.59. The second-order valence-electron chi connectivity index (χ2n) is 10.4. The molecule has 6 heteroatoms. The zero-order valence-corrected chi connectivity index (χ0v) is 23.6. The predicted molar refractivity (Wildman–Crippen MR) is 177 cm³/mol. The molecule has 0 unspecified atom stereocenters. The van der Waals surface area contributed by atoms with Crippen molar-refractivity contribution in [1.29, 1.82) is 0 Å². The smallest absolute Gasteiger partial charge is 0.219 e. The van der Waals surface area contributed by atoms with Gasteiger partial charge in [0.15, 0.2) is 0 Å². The number of hydrogen-bond donors (Lipinski definition) is 1. The Morgan fingerprint density at radius 1 is 0.500 bits per heavy atom. The number of anilines is 5. The molecule has 44 heavy (non-hydrogen) atoms. The molecule has 0 amide bonds. The Kier molecular flexibility index (Phi) is 6.35. The van der Waals surface area contributed by atoms with Crippen LogP contribution in [0.15, 0.2) is 128 Å². The van der Waals surface area contributed by atoms with E-state index in [0.717, 1.165) is 50.8 Å². The van der Waals surface area contributed by atoms with Crippen molar-refractivity contribution >= 4 is 52.9 Å². The maximum Gasteiger partial charge on any atom is 0.219 e. The summed E-state index contributed by atoms with van der Waals surface area (Å²) in [5, 5.41) is 3.76. The number of rotatable bonds is 5. The van der Waals surface area contributed by atoms with E-state index in [0.29, 0.717) is 23.1 Å². The summed E-state index contributed by atoms with van der Waals surface area (Å²) in [7, 11) is 0. The van der Waals surface area contributed by atoms with E-state index < -0.39 is 0 Å². The molecule has 0 atom stereocenters. The van der Waals surface area contributed by atoms with Gasteiger partial charge >= 0.3 is 0 Å². The van der Waals surface area contributed by atoms with Crippen LogP contribution in [0.2, 0.25) is 0 Å². The molecule has 0 saturated carbocycles. The molecule has 0 spiro atoms. The minimum absolute atomic E-state index is 0.528. The monoisotopic (exact) mass is 570 g/mol. The van der Waals surface area contributed by atoms with Crippen LogP contribution in [0.1, 0.15) is 22.3 Å². The summed E-state index contributed by atoms with van der Waals surface area (Å²) in [6.45, 7) is 0. The SMILES string of the molecule is C1=Cc2cccc(N3c4ccccc4C=Cc4cccnc43)c2Nc2cc(Oc3cccc(Oc4ccccn4)c3)ccc21. The van der Waals surface area contributed by atoms with Gasteiger partial charge in [0.1, 0.15) is 23.1 Å². The van der Waals surface area contributed by atoms with Gasteiger partial charge in [-0.1, -0.05) is 66.8 Å². The molecule has 2 aliphatic rings. The van der Waals surface area contributed by atoms with Crippen LogP contribution in [0.25, 0.3) is 24.3 Å². The van der Waals surface area contributed by atoms with E-state index in [1.165, 1.54) is 0 Å². The quantitative estimate of drug-likeness (QED) is 0.222. The normalized spacial score (nSPS) is 12.5. The van der Waals surface area contributed by atoms with Crippen molar-refractivity contribution in [2.45, 2.75) is 0 Å². The first kappa shape index (κ1) is 25.6. The lowest BCUT2D eigenvalue weighted by atomic mass is 10.1. The number of hydrogen-bond acceptors (Lipinski definition) is 6. The van der Waals surface area contributed by atoms with Crippen LogP contribution in [0.4, 0.5) is 28.6 Å². The fourth-order valence-corrected chi connectivity index (χ4v) is 5.55. The van der Waals surface area contributed by atoms with Crippen molar-refractivity contribution < 1.29 is 9.47 Å². The molecular weight excluding hydrogens is 544 g/mol. The molecule has 2 aromatic heterocycles. The third-order valence-electron chi connectivity index (χ3n) is 7.59. The highest BCUT2D eigenvalue weighted by Crippen LogP contribution is 2.47. The van der Waals surface area contributed by atoms with E-state index >= 15 is 0 Å². The Morgan fingerprint density at radius 3 is 2.14 bits per heavy atom. The molecule has 4 aromatic carbocycles. The zero-order chi connectivity index (χ0) is 29.3. The van der Waals surface area contributed by atoms with E-state index in [2.05, 4.69) is 94.1 Å². The molecular formula is C38H26N4O2. The molecule has 6 nitrogen and oxygen atoms in total. The van der Waals surface area contributed by atoms with E-state index in [1.54, 1.807) is 6.20 Å². The second kappa shape index (κ2) is 10.9. The van der Waals surface area contributed by atoms with Crippen molar-refractivity contribution in [3.05, 3.63) is 150 Å². The number of fused-ring (bicyclic) bond motifs is 4. The van der Waals surface area contributed by atoms with Crippen molar-refractivity contribution in [2.75, 3.05) is 10.2 Å². The van der Waals surface area contributed by atoms with Gasteiger partial charge in [-0.25, -0.2) is 9.97 Å². The van der Waals surface area contributed by atoms with Gasteiger partial charge in [-0.05, 0) is 65.7 Å². The summed E-state index contributed by atoms with van der Waals surface area (Å²) in [5.41, 5.74) is 8.30. The second-order valence-corrected chi connectivity index (χ2v) is 10.4. The minimum Gasteiger partial charge on any atom is -0.457 e. The third kappa shape index (κ3) is 4.84. The fourth-order valence-electron chi connectivity index (χ4n) is 5.55. The lowest BCUT2D eigenvalue weighted by Crippen LogP contribution is -2.15. The molecule has 8 rings (SSSR count). The van der Waals surface area contributed by atoms with Crippen LogP contribution >= 0.6 is 0 Å². The maximum absolute atomic E-state index is 6.31. The molecule has 0 saturated heterocycles. The maximum atomic E-state index is 6.31. The highest BCUT2D eigenvalue weighted by molar-refractivity contribution is 5.99. The Balaban J connectivity index is 1.15. The molecule has 0 fully saturated rings. The van der Waals surface area contributed by atoms with Gasteiger partial charge in [0.05, 0.1) is 17.1 Å². The number of aromatic nitrogens is 2. The van der Waals surface area contributed by atoms with Crippen LogP contribution in [0.3, 0.4) is 0 Å². The molecule has 210 valence electrons. The van der Waals surface area contributed by atoms with Gasteiger partial charge in [-0.3, -0.25) is 4.90 Å². The highest BCUT2D eigenvalue weighted by atomic mass is 16.5. The molecule has 2 aliphatic heterocycles. The number of para-hydroxylation sites is 2. The summed E-state index contributed by atoms with van der Waals surface area (Å²) in [4.78, 5) is 11.3. The number of ether oxygens (including phenoxy) is 2. The fraction of sp³-hybridized carbons (Fsp3) is 0. The van der Waals surface area contributed by atoms with Gasteiger partial charge in [0.2, 0.25) is 5.88 Å². The predicted octanol–water partition coefficient (Wildman–Crippen LogP) is 10.2. The number of benzene rings is 4. The summed E-state index contributed by atoms with van der Waals surface area (Å²) in [5.74, 6) is 3.43. The largest absolute Gasteiger partial charge is 0.457 e. The first-order chi connectivity index (χ1) is 21.8. The lowest BCUT2D eigenvalue weighted by Gasteiger charge is -2.29. The van der Waals surface area contributed by atoms with Crippen molar-refractivity contribution in [1.82, 2.24) is 9.97 Å². The average Bonchev–Trinajstić information content (AvgIpc) is 3.35. The van der Waals surface area contributed by atoms with Crippen molar-refractivity contribution in [3.63, 3.8) is 0 Å². The Labute approximate surface area is 255 Å². The Hall–Kier alpha value is -6.14. The number of nitrogens with one attached hydrogen (secondary N) is 1. The van der Waals surface area contributed by atoms with E-state index in [-0.39, 0.29) is 0 Å². The summed E-state index contributed by atoms with van der Waals surface area (Å²) in [6.07, 6.45) is 12.1. The average molecular weight is 571 g/mol. The summed E-state index contributed by atoms with van der Waals surface area (Å²) < 4.78 is 12.2. The van der Waals surface area contributed by atoms with E-state index in [9.17, 15) is 0 Å². The van der Waals surface area contributed by atoms with Crippen molar-refractivity contribution in [3.8, 4) is 23.1 Å². The van der Waals surface area contributed by atoms with Gasteiger partial charge in [0, 0.05) is 47.4 Å². The molecule has 4 heterocycles. The van der Waals surface area contributed by atoms with E-state index in [1.807, 2.05) is 66.9 Å².